The van der Waals surface area contributed by atoms with Gasteiger partial charge in [-0.1, -0.05) is 6.92 Å². The zero-order valence-electron chi connectivity index (χ0n) is 11.7. The van der Waals surface area contributed by atoms with E-state index in [1.807, 2.05) is 0 Å². The van der Waals surface area contributed by atoms with Gasteiger partial charge >= 0.3 is 6.18 Å². The fourth-order valence-electron chi connectivity index (χ4n) is 3.02. The second kappa shape index (κ2) is 6.30. The van der Waals surface area contributed by atoms with Gasteiger partial charge in [0.15, 0.2) is 0 Å². The summed E-state index contributed by atoms with van der Waals surface area (Å²) in [6, 6.07) is -1.54. The smallest absolute Gasteiger partial charge is 0.353 e. The van der Waals surface area contributed by atoms with Crippen molar-refractivity contribution < 1.29 is 18.0 Å². The molecule has 116 valence electrons. The molecule has 1 N–H and O–H groups in total. The van der Waals surface area contributed by atoms with E-state index in [1.54, 1.807) is 0 Å². The number of nitrogens with zero attached hydrogens (tertiary/aromatic N) is 2. The lowest BCUT2D eigenvalue weighted by molar-refractivity contribution is -0.190. The number of piperazine rings is 1. The molecule has 0 aromatic carbocycles. The third-order valence-electron chi connectivity index (χ3n) is 4.30. The lowest BCUT2D eigenvalue weighted by Crippen LogP contribution is -2.61. The number of carbonyl (C=O) groups is 1. The van der Waals surface area contributed by atoms with Crippen LogP contribution in [0.4, 0.5) is 13.2 Å². The minimum absolute atomic E-state index is 0.141. The van der Waals surface area contributed by atoms with Gasteiger partial charge in [-0.25, -0.2) is 0 Å². The van der Waals surface area contributed by atoms with E-state index in [4.69, 9.17) is 0 Å². The summed E-state index contributed by atoms with van der Waals surface area (Å²) in [5, 5.41) is 2.31. The number of alkyl halides is 3. The molecule has 0 radical (unpaired) electrons. The molecule has 0 aromatic heterocycles. The molecule has 0 bridgehead atoms. The van der Waals surface area contributed by atoms with Crippen LogP contribution >= 0.6 is 0 Å². The zero-order chi connectivity index (χ0) is 14.8. The van der Waals surface area contributed by atoms with E-state index in [-0.39, 0.29) is 24.9 Å². The highest BCUT2D eigenvalue weighted by molar-refractivity contribution is 5.78. The minimum atomic E-state index is -4.28. The van der Waals surface area contributed by atoms with Crippen molar-refractivity contribution in [2.75, 3.05) is 39.3 Å². The second-order valence-corrected chi connectivity index (χ2v) is 5.67. The predicted molar refractivity (Wildman–Crippen MR) is 69.3 cm³/mol. The average molecular weight is 293 g/mol. The molecular weight excluding hydrogens is 271 g/mol. The van der Waals surface area contributed by atoms with E-state index in [1.165, 1.54) is 4.90 Å². The fraction of sp³-hybridized carbons (Fsp3) is 0.923. The first-order chi connectivity index (χ1) is 9.40. The van der Waals surface area contributed by atoms with Gasteiger partial charge in [0.25, 0.3) is 0 Å². The fourth-order valence-corrected chi connectivity index (χ4v) is 3.02. The van der Waals surface area contributed by atoms with Gasteiger partial charge in [0.1, 0.15) is 6.04 Å². The molecule has 2 rings (SSSR count). The molecule has 7 heteroatoms. The second-order valence-electron chi connectivity index (χ2n) is 5.67. The third kappa shape index (κ3) is 3.85. The monoisotopic (exact) mass is 293 g/mol. The van der Waals surface area contributed by atoms with Crippen molar-refractivity contribution in [3.05, 3.63) is 0 Å². The van der Waals surface area contributed by atoms with Crippen LogP contribution in [-0.4, -0.2) is 67.2 Å². The van der Waals surface area contributed by atoms with E-state index in [2.05, 4.69) is 17.1 Å². The molecule has 4 nitrogen and oxygen atoms in total. The highest BCUT2D eigenvalue weighted by Gasteiger charge is 2.46. The Morgan fingerprint density at radius 1 is 1.30 bits per heavy atom. The quantitative estimate of drug-likeness (QED) is 0.846. The van der Waals surface area contributed by atoms with Crippen LogP contribution < -0.4 is 5.32 Å². The van der Waals surface area contributed by atoms with Gasteiger partial charge in [0.2, 0.25) is 5.91 Å². The maximum atomic E-state index is 13.0. The summed E-state index contributed by atoms with van der Waals surface area (Å²) in [4.78, 5) is 15.0. The largest absolute Gasteiger partial charge is 0.405 e. The molecule has 2 fully saturated rings. The van der Waals surface area contributed by atoms with Crippen molar-refractivity contribution >= 4 is 5.91 Å². The van der Waals surface area contributed by atoms with Crippen LogP contribution in [0.3, 0.4) is 0 Å². The average Bonchev–Trinajstić information content (AvgIpc) is 2.38. The number of piperidine rings is 1. The summed E-state index contributed by atoms with van der Waals surface area (Å²) in [5.41, 5.74) is 0. The van der Waals surface area contributed by atoms with Crippen LogP contribution in [0.25, 0.3) is 0 Å². The summed E-state index contributed by atoms with van der Waals surface area (Å²) in [5.74, 6) is -0.0509. The van der Waals surface area contributed by atoms with E-state index in [9.17, 15) is 18.0 Å². The van der Waals surface area contributed by atoms with Crippen molar-refractivity contribution in [2.24, 2.45) is 5.92 Å². The number of likely N-dealkylation sites (tertiary alicyclic amines) is 1. The summed E-state index contributed by atoms with van der Waals surface area (Å²) in [6.45, 7) is 4.87. The standard InChI is InChI=1S/C13H22F3N3O/c1-2-18-5-3-10(4-6-18)8-19-9-12(20)17-7-11(19)13(14,15)16/h10-11H,2-9H2,1H3,(H,17,20). The lowest BCUT2D eigenvalue weighted by atomic mass is 9.95. The molecule has 0 aliphatic carbocycles. The first-order valence-corrected chi connectivity index (χ1v) is 7.20. The third-order valence-corrected chi connectivity index (χ3v) is 4.30. The van der Waals surface area contributed by atoms with E-state index >= 15 is 0 Å². The molecule has 0 spiro atoms. The van der Waals surface area contributed by atoms with Gasteiger partial charge < -0.3 is 10.2 Å². The van der Waals surface area contributed by atoms with Crippen molar-refractivity contribution in [2.45, 2.75) is 32.0 Å². The molecule has 0 saturated carbocycles. The summed E-state index contributed by atoms with van der Waals surface area (Å²) in [7, 11) is 0. The van der Waals surface area contributed by atoms with Crippen LogP contribution in [0.2, 0.25) is 0 Å². The van der Waals surface area contributed by atoms with E-state index in [0.29, 0.717) is 6.54 Å². The number of hydrogen-bond donors (Lipinski definition) is 1. The predicted octanol–water partition coefficient (Wildman–Crippen LogP) is 1.08. The summed E-state index contributed by atoms with van der Waals surface area (Å²) in [6.07, 6.45) is -2.45. The SMILES string of the molecule is CCN1CCC(CN2CC(=O)NCC2C(F)(F)F)CC1. The van der Waals surface area contributed by atoms with Crippen LogP contribution in [-0.2, 0) is 4.79 Å². The van der Waals surface area contributed by atoms with Gasteiger partial charge in [-0.15, -0.1) is 0 Å². The number of halogens is 3. The van der Waals surface area contributed by atoms with Crippen LogP contribution in [0.1, 0.15) is 19.8 Å². The molecule has 1 unspecified atom stereocenters. The topological polar surface area (TPSA) is 35.6 Å². The van der Waals surface area contributed by atoms with Crippen molar-refractivity contribution in [1.29, 1.82) is 0 Å². The molecular formula is C13H22F3N3O. The normalized spacial score (nSPS) is 27.6. The molecule has 2 aliphatic rings. The highest BCUT2D eigenvalue weighted by atomic mass is 19.4. The number of hydrogen-bond acceptors (Lipinski definition) is 3. The summed E-state index contributed by atoms with van der Waals surface area (Å²) >= 11 is 0. The Morgan fingerprint density at radius 2 is 1.95 bits per heavy atom. The molecule has 2 aliphatic heterocycles. The van der Waals surface area contributed by atoms with Gasteiger partial charge in [-0.3, -0.25) is 9.69 Å². The van der Waals surface area contributed by atoms with Crippen molar-refractivity contribution in [1.82, 2.24) is 15.1 Å². The number of nitrogens with one attached hydrogen (secondary N) is 1. The van der Waals surface area contributed by atoms with Gasteiger partial charge in [0, 0.05) is 13.1 Å². The molecule has 1 atom stereocenters. The number of amides is 1. The van der Waals surface area contributed by atoms with Crippen LogP contribution in [0.5, 0.6) is 0 Å². The highest BCUT2D eigenvalue weighted by Crippen LogP contribution is 2.28. The summed E-state index contributed by atoms with van der Waals surface area (Å²) < 4.78 is 39.0. The number of rotatable bonds is 3. The molecule has 2 saturated heterocycles. The van der Waals surface area contributed by atoms with Gasteiger partial charge in [-0.05, 0) is 38.4 Å². The molecule has 20 heavy (non-hydrogen) atoms. The molecule has 2 heterocycles. The van der Waals surface area contributed by atoms with Crippen LogP contribution in [0.15, 0.2) is 0 Å². The maximum absolute atomic E-state index is 13.0. The van der Waals surface area contributed by atoms with Gasteiger partial charge in [0.05, 0.1) is 6.54 Å². The van der Waals surface area contributed by atoms with Crippen molar-refractivity contribution in [3.63, 3.8) is 0 Å². The Kier molecular flexibility index (Phi) is 4.90. The maximum Gasteiger partial charge on any atom is 0.405 e. The zero-order valence-corrected chi connectivity index (χ0v) is 11.7. The first kappa shape index (κ1) is 15.6. The Hall–Kier alpha value is -0.820. The van der Waals surface area contributed by atoms with Crippen molar-refractivity contribution in [3.8, 4) is 0 Å². The van der Waals surface area contributed by atoms with E-state index < -0.39 is 12.2 Å². The first-order valence-electron chi connectivity index (χ1n) is 7.20. The van der Waals surface area contributed by atoms with E-state index in [0.717, 1.165) is 32.5 Å². The Bertz CT molecular complexity index is 340. The molecule has 0 aromatic rings. The lowest BCUT2D eigenvalue weighted by Gasteiger charge is -2.40. The minimum Gasteiger partial charge on any atom is -0.353 e. The van der Waals surface area contributed by atoms with Crippen LogP contribution in [0, 0.1) is 5.92 Å². The number of carbonyl (C=O) groups excluding carboxylic acids is 1. The Morgan fingerprint density at radius 3 is 2.50 bits per heavy atom. The van der Waals surface area contributed by atoms with Gasteiger partial charge in [-0.2, -0.15) is 13.2 Å². The molecule has 1 amide bonds. The Labute approximate surface area is 117 Å². The Balaban J connectivity index is 1.93.